The first kappa shape index (κ1) is 20.2. The average molecular weight is 431 g/mol. The van der Waals surface area contributed by atoms with Gasteiger partial charge < -0.3 is 15.5 Å². The molecule has 0 bridgehead atoms. The Morgan fingerprint density at radius 1 is 1.36 bits per heavy atom. The topological polar surface area (TPSA) is 66.6 Å². The lowest BCUT2D eigenvalue weighted by Gasteiger charge is -2.25. The predicted molar refractivity (Wildman–Crippen MR) is 105 cm³/mol. The minimum atomic E-state index is -0.250. The molecule has 2 fully saturated rings. The highest BCUT2D eigenvalue weighted by Gasteiger charge is 2.41. The van der Waals surface area contributed by atoms with Gasteiger partial charge in [-0.1, -0.05) is 15.9 Å². The number of aryl methyl sites for hydroxylation is 1. The largest absolute Gasteiger partial charge is 0.339 e. The van der Waals surface area contributed by atoms with Crippen LogP contribution in [0.4, 0.5) is 5.69 Å². The molecule has 3 unspecified atom stereocenters. The van der Waals surface area contributed by atoms with E-state index < -0.39 is 0 Å². The fourth-order valence-corrected chi connectivity index (χ4v) is 4.02. The van der Waals surface area contributed by atoms with Gasteiger partial charge in [0, 0.05) is 35.7 Å². The van der Waals surface area contributed by atoms with Crippen LogP contribution < -0.4 is 10.6 Å². The summed E-state index contributed by atoms with van der Waals surface area (Å²) in [7, 11) is 0. The molecule has 2 aliphatic rings. The summed E-state index contributed by atoms with van der Waals surface area (Å²) in [5, 5.41) is 0. The van der Waals surface area contributed by atoms with E-state index in [0.29, 0.717) is 25.4 Å². The zero-order valence-electron chi connectivity index (χ0n) is 14.6. The van der Waals surface area contributed by atoms with E-state index in [0.717, 1.165) is 28.7 Å². The molecule has 138 valence electrons. The number of hydrogen-bond acceptors (Lipinski definition) is 3. The van der Waals surface area contributed by atoms with Crippen molar-refractivity contribution in [3.05, 3.63) is 28.2 Å². The zero-order chi connectivity index (χ0) is 17.4. The zero-order valence-corrected chi connectivity index (χ0v) is 17.0. The first-order chi connectivity index (χ1) is 11.4. The van der Waals surface area contributed by atoms with Crippen LogP contribution in [0.25, 0.3) is 0 Å². The molecule has 2 saturated heterocycles. The van der Waals surface area contributed by atoms with Crippen LogP contribution >= 0.6 is 28.3 Å². The van der Waals surface area contributed by atoms with Gasteiger partial charge in [-0.05, 0) is 56.5 Å². The monoisotopic (exact) mass is 429 g/mol. The summed E-state index contributed by atoms with van der Waals surface area (Å²) in [6, 6.07) is 6.06. The van der Waals surface area contributed by atoms with Gasteiger partial charge in [0.05, 0.1) is 5.92 Å². The van der Waals surface area contributed by atoms with Crippen molar-refractivity contribution in [1.29, 1.82) is 0 Å². The molecule has 1 aromatic carbocycles. The Morgan fingerprint density at radius 2 is 2.08 bits per heavy atom. The molecule has 0 aliphatic carbocycles. The number of hydrogen-bond donors (Lipinski definition) is 1. The molecule has 3 atom stereocenters. The minimum absolute atomic E-state index is 0. The number of benzene rings is 1. The third kappa shape index (κ3) is 4.01. The van der Waals surface area contributed by atoms with Crippen molar-refractivity contribution in [3.8, 4) is 0 Å². The Morgan fingerprint density at radius 3 is 2.68 bits per heavy atom. The smallest absolute Gasteiger partial charge is 0.228 e. The number of rotatable bonds is 3. The number of halogens is 2. The summed E-state index contributed by atoms with van der Waals surface area (Å²) >= 11 is 3.48. The predicted octanol–water partition coefficient (Wildman–Crippen LogP) is 2.73. The van der Waals surface area contributed by atoms with Gasteiger partial charge in [0.25, 0.3) is 0 Å². The van der Waals surface area contributed by atoms with Crippen molar-refractivity contribution < 1.29 is 9.59 Å². The lowest BCUT2D eigenvalue weighted by atomic mass is 10.1. The Labute approximate surface area is 163 Å². The number of carbonyl (C=O) groups is 2. The van der Waals surface area contributed by atoms with Crippen molar-refractivity contribution >= 4 is 45.8 Å². The molecule has 2 N–H and O–H groups in total. The van der Waals surface area contributed by atoms with Crippen LogP contribution in [0.15, 0.2) is 22.7 Å². The SMILES string of the molecule is Cc1cc(N2CC(C(=O)N3CC(CN)CC3C)CC2=O)ccc1Br.Cl. The number of amides is 2. The number of nitrogens with zero attached hydrogens (tertiary/aromatic N) is 2. The molecule has 7 heteroatoms. The quantitative estimate of drug-likeness (QED) is 0.802. The summed E-state index contributed by atoms with van der Waals surface area (Å²) in [4.78, 5) is 28.9. The summed E-state index contributed by atoms with van der Waals surface area (Å²) in [5.74, 6) is 0.257. The molecular formula is C18H25BrClN3O2. The first-order valence-corrected chi connectivity index (χ1v) is 9.27. The van der Waals surface area contributed by atoms with E-state index >= 15 is 0 Å². The maximum Gasteiger partial charge on any atom is 0.228 e. The standard InChI is InChI=1S/C18H24BrN3O2.ClH/c1-11-5-15(3-4-16(11)19)22-10-14(7-17(22)23)18(24)21-9-13(8-20)6-12(21)2;/h3-5,12-14H,6-10,20H2,1-2H3;1H. The van der Waals surface area contributed by atoms with Crippen LogP contribution in [0.3, 0.4) is 0 Å². The summed E-state index contributed by atoms with van der Waals surface area (Å²) < 4.78 is 1.02. The van der Waals surface area contributed by atoms with E-state index in [9.17, 15) is 9.59 Å². The maximum absolute atomic E-state index is 12.9. The molecule has 5 nitrogen and oxygen atoms in total. The minimum Gasteiger partial charge on any atom is -0.339 e. The summed E-state index contributed by atoms with van der Waals surface area (Å²) in [6.45, 7) is 5.87. The van der Waals surface area contributed by atoms with Crippen LogP contribution in [-0.2, 0) is 9.59 Å². The van der Waals surface area contributed by atoms with E-state index in [1.807, 2.05) is 30.0 Å². The highest BCUT2D eigenvalue weighted by atomic mass is 79.9. The van der Waals surface area contributed by atoms with E-state index in [2.05, 4.69) is 22.9 Å². The Balaban J connectivity index is 0.00000225. The van der Waals surface area contributed by atoms with Crippen LogP contribution in [0.1, 0.15) is 25.3 Å². The summed E-state index contributed by atoms with van der Waals surface area (Å²) in [5.41, 5.74) is 7.70. The van der Waals surface area contributed by atoms with Crippen molar-refractivity contribution in [2.45, 2.75) is 32.7 Å². The van der Waals surface area contributed by atoms with Crippen molar-refractivity contribution in [2.24, 2.45) is 17.6 Å². The van der Waals surface area contributed by atoms with Crippen LogP contribution in [-0.4, -0.2) is 42.4 Å². The third-order valence-electron chi connectivity index (χ3n) is 5.21. The van der Waals surface area contributed by atoms with Crippen LogP contribution in [0, 0.1) is 18.8 Å². The van der Waals surface area contributed by atoms with E-state index in [4.69, 9.17) is 5.73 Å². The molecule has 0 radical (unpaired) electrons. The molecule has 2 amide bonds. The van der Waals surface area contributed by atoms with Crippen molar-refractivity contribution in [2.75, 3.05) is 24.5 Å². The molecule has 3 rings (SSSR count). The molecule has 0 aromatic heterocycles. The van der Waals surface area contributed by atoms with Gasteiger partial charge in [-0.15, -0.1) is 12.4 Å². The van der Waals surface area contributed by atoms with Gasteiger partial charge in [0.1, 0.15) is 0 Å². The van der Waals surface area contributed by atoms with Gasteiger partial charge in [0.15, 0.2) is 0 Å². The normalized spacial score (nSPS) is 26.1. The van der Waals surface area contributed by atoms with Crippen LogP contribution in [0.2, 0.25) is 0 Å². The Kier molecular flexibility index (Phi) is 6.51. The summed E-state index contributed by atoms with van der Waals surface area (Å²) in [6.07, 6.45) is 1.25. The molecule has 1 aromatic rings. The van der Waals surface area contributed by atoms with Crippen molar-refractivity contribution in [3.63, 3.8) is 0 Å². The molecule has 2 heterocycles. The molecule has 2 aliphatic heterocycles. The van der Waals surface area contributed by atoms with Crippen LogP contribution in [0.5, 0.6) is 0 Å². The van der Waals surface area contributed by atoms with Crippen molar-refractivity contribution in [1.82, 2.24) is 4.90 Å². The van der Waals surface area contributed by atoms with Gasteiger partial charge >= 0.3 is 0 Å². The molecule has 0 saturated carbocycles. The van der Waals surface area contributed by atoms with Gasteiger partial charge in [-0.2, -0.15) is 0 Å². The molecule has 0 spiro atoms. The number of anilines is 1. The number of carbonyl (C=O) groups excluding carboxylic acids is 2. The fourth-order valence-electron chi connectivity index (χ4n) is 3.77. The molecule has 25 heavy (non-hydrogen) atoms. The molecular weight excluding hydrogens is 406 g/mol. The average Bonchev–Trinajstić information content (AvgIpc) is 3.12. The fraction of sp³-hybridized carbons (Fsp3) is 0.556. The second-order valence-electron chi connectivity index (χ2n) is 7.02. The third-order valence-corrected chi connectivity index (χ3v) is 6.10. The van der Waals surface area contributed by atoms with Gasteiger partial charge in [-0.25, -0.2) is 0 Å². The van der Waals surface area contributed by atoms with E-state index in [-0.39, 0.29) is 36.2 Å². The van der Waals surface area contributed by atoms with Gasteiger partial charge in [-0.3, -0.25) is 9.59 Å². The Bertz CT molecular complexity index is 670. The second kappa shape index (κ2) is 8.06. The highest BCUT2D eigenvalue weighted by molar-refractivity contribution is 9.10. The Hall–Kier alpha value is -1.11. The lowest BCUT2D eigenvalue weighted by Crippen LogP contribution is -2.40. The highest BCUT2D eigenvalue weighted by Crippen LogP contribution is 2.31. The maximum atomic E-state index is 12.9. The second-order valence-corrected chi connectivity index (χ2v) is 7.87. The van der Waals surface area contributed by atoms with Gasteiger partial charge in [0.2, 0.25) is 11.8 Å². The van der Waals surface area contributed by atoms with E-state index in [1.54, 1.807) is 4.90 Å². The number of likely N-dealkylation sites (tertiary alicyclic amines) is 1. The first-order valence-electron chi connectivity index (χ1n) is 8.47. The number of nitrogens with two attached hydrogens (primary N) is 1. The lowest BCUT2D eigenvalue weighted by molar-refractivity contribution is -0.136. The van der Waals surface area contributed by atoms with E-state index in [1.165, 1.54) is 0 Å².